The average molecular weight is 262 g/mol. The number of ether oxygens (including phenoxy) is 2. The number of fused-ring (bicyclic) bond motifs is 2. The second-order valence-electron chi connectivity index (χ2n) is 5.75. The van der Waals surface area contributed by atoms with Gasteiger partial charge in [-0.05, 0) is 44.9 Å². The van der Waals surface area contributed by atoms with Gasteiger partial charge in [-0.25, -0.2) is 0 Å². The Balaban J connectivity index is 2.05. The van der Waals surface area contributed by atoms with Gasteiger partial charge in [0.25, 0.3) is 0 Å². The van der Waals surface area contributed by atoms with Crippen molar-refractivity contribution < 1.29 is 9.47 Å². The lowest BCUT2D eigenvalue weighted by molar-refractivity contribution is -0.119. The molecular formula is C15H22N2O2. The van der Waals surface area contributed by atoms with Crippen molar-refractivity contribution in [1.82, 2.24) is 10.3 Å². The van der Waals surface area contributed by atoms with Crippen molar-refractivity contribution in [2.24, 2.45) is 0 Å². The fourth-order valence-electron chi connectivity index (χ4n) is 3.59. The molecule has 4 nitrogen and oxygen atoms in total. The fourth-order valence-corrected chi connectivity index (χ4v) is 3.59. The molecule has 0 bridgehead atoms. The molecule has 1 fully saturated rings. The van der Waals surface area contributed by atoms with E-state index in [2.05, 4.69) is 30.2 Å². The van der Waals surface area contributed by atoms with Crippen LogP contribution in [0.25, 0.3) is 0 Å². The highest BCUT2D eigenvalue weighted by Gasteiger charge is 2.48. The smallest absolute Gasteiger partial charge is 0.124 e. The van der Waals surface area contributed by atoms with Crippen molar-refractivity contribution in [2.45, 2.75) is 44.4 Å². The molecule has 1 spiro atoms. The van der Waals surface area contributed by atoms with Gasteiger partial charge in [0.2, 0.25) is 0 Å². The van der Waals surface area contributed by atoms with Crippen LogP contribution in [0, 0.1) is 6.92 Å². The van der Waals surface area contributed by atoms with Crippen LogP contribution in [0.15, 0.2) is 12.3 Å². The molecule has 0 saturated carbocycles. The number of hydrogen-bond donors (Lipinski definition) is 1. The number of aromatic nitrogens is 1. The molecule has 0 aliphatic carbocycles. The summed E-state index contributed by atoms with van der Waals surface area (Å²) < 4.78 is 11.7. The standard InChI is InChI=1S/C15H22N2O2/c1-10-4-6-17-14-12(9-18-3)19-15(13(10)14)5-7-16-11(2)8-15/h4,6,11-12,16H,5,7-9H2,1-3H3/t11-,12-,15-/m1/s1. The highest BCUT2D eigenvalue weighted by atomic mass is 16.5. The van der Waals surface area contributed by atoms with Gasteiger partial charge >= 0.3 is 0 Å². The molecule has 1 aromatic heterocycles. The Kier molecular flexibility index (Phi) is 3.33. The van der Waals surface area contributed by atoms with E-state index in [-0.39, 0.29) is 11.7 Å². The normalized spacial score (nSPS) is 33.6. The van der Waals surface area contributed by atoms with Gasteiger partial charge in [0.1, 0.15) is 6.10 Å². The third kappa shape index (κ3) is 2.08. The maximum absolute atomic E-state index is 6.42. The van der Waals surface area contributed by atoms with Crippen molar-refractivity contribution in [1.29, 1.82) is 0 Å². The number of methoxy groups -OCH3 is 1. The van der Waals surface area contributed by atoms with Crippen LogP contribution in [0.1, 0.15) is 42.7 Å². The fraction of sp³-hybridized carbons (Fsp3) is 0.667. The third-order valence-corrected chi connectivity index (χ3v) is 4.29. The van der Waals surface area contributed by atoms with E-state index in [0.29, 0.717) is 12.6 Å². The molecule has 1 saturated heterocycles. The molecule has 0 radical (unpaired) electrons. The molecule has 0 aromatic carbocycles. The minimum absolute atomic E-state index is 0.0230. The Labute approximate surface area is 114 Å². The molecule has 104 valence electrons. The minimum Gasteiger partial charge on any atom is -0.382 e. The highest BCUT2D eigenvalue weighted by Crippen LogP contribution is 2.49. The van der Waals surface area contributed by atoms with Gasteiger partial charge in [0, 0.05) is 24.9 Å². The Morgan fingerprint density at radius 2 is 2.42 bits per heavy atom. The van der Waals surface area contributed by atoms with E-state index in [9.17, 15) is 0 Å². The average Bonchev–Trinajstić information content (AvgIpc) is 2.65. The van der Waals surface area contributed by atoms with Gasteiger partial charge in [-0.2, -0.15) is 0 Å². The van der Waals surface area contributed by atoms with Crippen molar-refractivity contribution in [2.75, 3.05) is 20.3 Å². The number of hydrogen-bond acceptors (Lipinski definition) is 4. The zero-order valence-corrected chi connectivity index (χ0v) is 11.9. The van der Waals surface area contributed by atoms with Crippen molar-refractivity contribution in [3.05, 3.63) is 29.1 Å². The summed E-state index contributed by atoms with van der Waals surface area (Å²) in [6.45, 7) is 5.95. The van der Waals surface area contributed by atoms with Crippen LogP contribution in [-0.2, 0) is 15.1 Å². The Morgan fingerprint density at radius 3 is 3.16 bits per heavy atom. The molecule has 3 rings (SSSR count). The van der Waals surface area contributed by atoms with Crippen LogP contribution in [-0.4, -0.2) is 31.3 Å². The first-order valence-corrected chi connectivity index (χ1v) is 7.02. The molecular weight excluding hydrogens is 240 g/mol. The molecule has 3 atom stereocenters. The van der Waals surface area contributed by atoms with E-state index < -0.39 is 0 Å². The zero-order chi connectivity index (χ0) is 13.5. The van der Waals surface area contributed by atoms with E-state index in [1.54, 1.807) is 7.11 Å². The van der Waals surface area contributed by atoms with Gasteiger partial charge in [0.05, 0.1) is 17.9 Å². The molecule has 19 heavy (non-hydrogen) atoms. The first kappa shape index (κ1) is 13.0. The highest BCUT2D eigenvalue weighted by molar-refractivity contribution is 5.40. The first-order valence-electron chi connectivity index (χ1n) is 7.02. The number of piperidine rings is 1. The summed E-state index contributed by atoms with van der Waals surface area (Å²) in [5.74, 6) is 0. The van der Waals surface area contributed by atoms with Crippen molar-refractivity contribution in [3.63, 3.8) is 0 Å². The second kappa shape index (κ2) is 4.85. The molecule has 4 heteroatoms. The minimum atomic E-state index is -0.165. The summed E-state index contributed by atoms with van der Waals surface area (Å²) in [7, 11) is 1.72. The molecule has 0 amide bonds. The summed E-state index contributed by atoms with van der Waals surface area (Å²) in [6.07, 6.45) is 3.87. The predicted molar refractivity (Wildman–Crippen MR) is 73.1 cm³/mol. The number of pyridine rings is 1. The van der Waals surface area contributed by atoms with Gasteiger partial charge < -0.3 is 14.8 Å². The summed E-state index contributed by atoms with van der Waals surface area (Å²) in [5.41, 5.74) is 3.51. The number of aryl methyl sites for hydroxylation is 1. The Bertz CT molecular complexity index is 477. The van der Waals surface area contributed by atoms with Crippen LogP contribution in [0.4, 0.5) is 0 Å². The summed E-state index contributed by atoms with van der Waals surface area (Å²) >= 11 is 0. The molecule has 2 aliphatic rings. The SMILES string of the molecule is COC[C@H]1O[C@@]2(CCN[C@H](C)C2)c2c(C)ccnc21. The lowest BCUT2D eigenvalue weighted by atomic mass is 9.80. The topological polar surface area (TPSA) is 43.4 Å². The summed E-state index contributed by atoms with van der Waals surface area (Å²) in [4.78, 5) is 4.57. The molecule has 2 aliphatic heterocycles. The summed E-state index contributed by atoms with van der Waals surface area (Å²) in [5, 5.41) is 3.50. The Hall–Kier alpha value is -0.970. The van der Waals surface area contributed by atoms with Crippen molar-refractivity contribution >= 4 is 0 Å². The molecule has 1 aromatic rings. The van der Waals surface area contributed by atoms with Crippen LogP contribution in [0.2, 0.25) is 0 Å². The number of rotatable bonds is 2. The lowest BCUT2D eigenvalue weighted by Crippen LogP contribution is -2.45. The quantitative estimate of drug-likeness (QED) is 0.886. The van der Waals surface area contributed by atoms with Gasteiger partial charge in [-0.3, -0.25) is 4.98 Å². The monoisotopic (exact) mass is 262 g/mol. The molecule has 0 unspecified atom stereocenters. The molecule has 1 N–H and O–H groups in total. The third-order valence-electron chi connectivity index (χ3n) is 4.29. The maximum atomic E-state index is 6.42. The maximum Gasteiger partial charge on any atom is 0.124 e. The second-order valence-corrected chi connectivity index (χ2v) is 5.75. The van der Waals surface area contributed by atoms with E-state index in [1.165, 1.54) is 11.1 Å². The van der Waals surface area contributed by atoms with E-state index in [4.69, 9.17) is 9.47 Å². The zero-order valence-electron chi connectivity index (χ0n) is 11.9. The van der Waals surface area contributed by atoms with E-state index in [0.717, 1.165) is 25.1 Å². The largest absolute Gasteiger partial charge is 0.382 e. The van der Waals surface area contributed by atoms with E-state index in [1.807, 2.05) is 6.20 Å². The lowest BCUT2D eigenvalue weighted by Gasteiger charge is -2.38. The molecule has 3 heterocycles. The van der Waals surface area contributed by atoms with Gasteiger partial charge in [0.15, 0.2) is 0 Å². The van der Waals surface area contributed by atoms with Gasteiger partial charge in [-0.1, -0.05) is 0 Å². The Morgan fingerprint density at radius 1 is 1.58 bits per heavy atom. The van der Waals surface area contributed by atoms with Crippen LogP contribution < -0.4 is 5.32 Å². The van der Waals surface area contributed by atoms with Crippen molar-refractivity contribution in [3.8, 4) is 0 Å². The summed E-state index contributed by atoms with van der Waals surface area (Å²) in [6, 6.07) is 2.56. The first-order chi connectivity index (χ1) is 9.16. The van der Waals surface area contributed by atoms with Crippen LogP contribution in [0.5, 0.6) is 0 Å². The van der Waals surface area contributed by atoms with Crippen LogP contribution in [0.3, 0.4) is 0 Å². The van der Waals surface area contributed by atoms with Gasteiger partial charge in [-0.15, -0.1) is 0 Å². The number of nitrogens with one attached hydrogen (secondary N) is 1. The van der Waals surface area contributed by atoms with E-state index >= 15 is 0 Å². The van der Waals surface area contributed by atoms with Crippen LogP contribution >= 0.6 is 0 Å². The predicted octanol–water partition coefficient (Wildman–Crippen LogP) is 2.07. The number of nitrogens with zero attached hydrogens (tertiary/aromatic N) is 1.